The summed E-state index contributed by atoms with van der Waals surface area (Å²) in [7, 11) is 0. The summed E-state index contributed by atoms with van der Waals surface area (Å²) in [6.07, 6.45) is 1.96. The molecular weight excluding hydrogens is 489 g/mol. The van der Waals surface area contributed by atoms with Crippen molar-refractivity contribution in [1.82, 2.24) is 29.6 Å². The average molecular weight is 516 g/mol. The van der Waals surface area contributed by atoms with Gasteiger partial charge in [-0.25, -0.2) is 19.3 Å². The number of likely N-dealkylation sites (tertiary alicyclic amines) is 1. The summed E-state index contributed by atoms with van der Waals surface area (Å²) in [6.45, 7) is 4.54. The first-order valence-electron chi connectivity index (χ1n) is 12.2. The van der Waals surface area contributed by atoms with Crippen LogP contribution in [0.4, 0.5) is 10.2 Å². The minimum Gasteiger partial charge on any atom is -0.326 e. The summed E-state index contributed by atoms with van der Waals surface area (Å²) in [5, 5.41) is 7.66. The van der Waals surface area contributed by atoms with E-state index in [0.717, 1.165) is 16.8 Å². The molecule has 0 saturated carbocycles. The number of alkyl halides is 1. The van der Waals surface area contributed by atoms with Crippen LogP contribution < -0.4 is 5.32 Å². The van der Waals surface area contributed by atoms with Gasteiger partial charge in [0.25, 0.3) is 0 Å². The lowest BCUT2D eigenvalue weighted by atomic mass is 10.0. The molecule has 2 atom stereocenters. The maximum absolute atomic E-state index is 14.4. The number of fused-ring (bicyclic) bond motifs is 1. The standard InChI is InChI=1S/C27H26FN7O3/c1-15-5-4-6-24(31-15)32-27(38)23-10-20(28)13-34(23)25(37)14-35-22-8-7-18(19-11-29-17(3)30-12-19)9-21(22)26(33-35)16(2)36/h4-9,11-12,20,23H,10,13-14H2,1-3H3,(H,31,32,38)/t20-,23+/m1/s1. The second-order valence-corrected chi connectivity index (χ2v) is 9.36. The number of ketones is 1. The van der Waals surface area contributed by atoms with Crippen molar-refractivity contribution in [2.75, 3.05) is 11.9 Å². The highest BCUT2D eigenvalue weighted by molar-refractivity contribution is 6.06. The van der Waals surface area contributed by atoms with Crippen LogP contribution in [0.3, 0.4) is 0 Å². The Morgan fingerprint density at radius 1 is 1.08 bits per heavy atom. The number of carbonyl (C=O) groups is 3. The summed E-state index contributed by atoms with van der Waals surface area (Å²) >= 11 is 0. The number of halogens is 1. The predicted molar refractivity (Wildman–Crippen MR) is 138 cm³/mol. The van der Waals surface area contributed by atoms with E-state index in [-0.39, 0.29) is 31.0 Å². The molecule has 11 heteroatoms. The third-order valence-electron chi connectivity index (χ3n) is 6.50. The Morgan fingerprint density at radius 3 is 2.55 bits per heavy atom. The van der Waals surface area contributed by atoms with E-state index in [1.54, 1.807) is 50.5 Å². The quantitative estimate of drug-likeness (QED) is 0.391. The number of aryl methyl sites for hydroxylation is 2. The van der Waals surface area contributed by atoms with Crippen LogP contribution in [-0.2, 0) is 16.1 Å². The van der Waals surface area contributed by atoms with Gasteiger partial charge in [-0.3, -0.25) is 19.1 Å². The highest BCUT2D eigenvalue weighted by Gasteiger charge is 2.40. The third-order valence-corrected chi connectivity index (χ3v) is 6.50. The fourth-order valence-electron chi connectivity index (χ4n) is 4.63. The minimum atomic E-state index is -1.33. The zero-order valence-corrected chi connectivity index (χ0v) is 21.2. The van der Waals surface area contributed by atoms with Crippen LogP contribution in [-0.4, -0.2) is 66.0 Å². The molecule has 0 spiro atoms. The van der Waals surface area contributed by atoms with Crippen molar-refractivity contribution in [1.29, 1.82) is 0 Å². The number of aromatic nitrogens is 5. The lowest BCUT2D eigenvalue weighted by Crippen LogP contribution is -2.44. The summed E-state index contributed by atoms with van der Waals surface area (Å²) in [5.41, 5.74) is 3.08. The van der Waals surface area contributed by atoms with Crippen molar-refractivity contribution >= 4 is 34.3 Å². The van der Waals surface area contributed by atoms with Crippen LogP contribution in [0.2, 0.25) is 0 Å². The lowest BCUT2D eigenvalue weighted by molar-refractivity contribution is -0.137. The summed E-state index contributed by atoms with van der Waals surface area (Å²) in [4.78, 5) is 52.6. The molecule has 0 aliphatic carbocycles. The number of rotatable bonds is 6. The zero-order valence-electron chi connectivity index (χ0n) is 21.2. The highest BCUT2D eigenvalue weighted by Crippen LogP contribution is 2.28. The second kappa shape index (κ2) is 10.1. The van der Waals surface area contributed by atoms with Gasteiger partial charge in [-0.1, -0.05) is 12.1 Å². The number of nitrogens with one attached hydrogen (secondary N) is 1. The fraction of sp³-hybridized carbons (Fsp3) is 0.296. The van der Waals surface area contributed by atoms with Gasteiger partial charge in [0.1, 0.15) is 36.1 Å². The van der Waals surface area contributed by atoms with Crippen LogP contribution >= 0.6 is 0 Å². The summed E-state index contributed by atoms with van der Waals surface area (Å²) in [5.74, 6) is -0.255. The number of anilines is 1. The third kappa shape index (κ3) is 4.99. The number of pyridine rings is 1. The van der Waals surface area contributed by atoms with Crippen molar-refractivity contribution in [2.45, 2.75) is 46.0 Å². The normalized spacial score (nSPS) is 17.1. The number of amides is 2. The predicted octanol–water partition coefficient (Wildman–Crippen LogP) is 3.29. The highest BCUT2D eigenvalue weighted by atomic mass is 19.1. The smallest absolute Gasteiger partial charge is 0.248 e. The van der Waals surface area contributed by atoms with E-state index in [9.17, 15) is 18.8 Å². The van der Waals surface area contributed by atoms with E-state index in [1.807, 2.05) is 12.1 Å². The van der Waals surface area contributed by atoms with Gasteiger partial charge in [-0.2, -0.15) is 5.10 Å². The van der Waals surface area contributed by atoms with E-state index in [0.29, 0.717) is 22.5 Å². The minimum absolute atomic E-state index is 0.107. The molecule has 10 nitrogen and oxygen atoms in total. The molecule has 5 rings (SSSR count). The van der Waals surface area contributed by atoms with Crippen molar-refractivity contribution in [3.63, 3.8) is 0 Å². The second-order valence-electron chi connectivity index (χ2n) is 9.36. The molecule has 3 aromatic heterocycles. The van der Waals surface area contributed by atoms with Gasteiger partial charge in [0.15, 0.2) is 5.78 Å². The van der Waals surface area contributed by atoms with Gasteiger partial charge in [0, 0.05) is 42.4 Å². The van der Waals surface area contributed by atoms with Gasteiger partial charge in [0.05, 0.1) is 12.1 Å². The van der Waals surface area contributed by atoms with E-state index in [4.69, 9.17) is 0 Å². The molecule has 194 valence electrons. The van der Waals surface area contributed by atoms with Gasteiger partial charge in [-0.15, -0.1) is 0 Å². The molecule has 0 bridgehead atoms. The van der Waals surface area contributed by atoms with Crippen molar-refractivity contribution in [3.8, 4) is 11.1 Å². The van der Waals surface area contributed by atoms with Crippen LogP contribution in [0.1, 0.15) is 35.4 Å². The molecule has 1 fully saturated rings. The van der Waals surface area contributed by atoms with Crippen LogP contribution in [0.5, 0.6) is 0 Å². The van der Waals surface area contributed by atoms with E-state index >= 15 is 0 Å². The van der Waals surface area contributed by atoms with Crippen LogP contribution in [0.25, 0.3) is 22.0 Å². The first-order chi connectivity index (χ1) is 18.2. The summed E-state index contributed by atoms with van der Waals surface area (Å²) in [6, 6.07) is 9.61. The molecule has 0 radical (unpaired) electrons. The average Bonchev–Trinajstić information content (AvgIpc) is 3.45. The molecule has 38 heavy (non-hydrogen) atoms. The Kier molecular flexibility index (Phi) is 6.66. The first-order valence-corrected chi connectivity index (χ1v) is 12.2. The molecular formula is C27H26FN7O3. The SMILES string of the molecule is CC(=O)c1nn(CC(=O)N2C[C@H](F)C[C@H]2C(=O)Nc2cccc(C)n2)c2ccc(-c3cnc(C)nc3)cc12. The Labute approximate surface area is 217 Å². The van der Waals surface area contributed by atoms with Gasteiger partial charge >= 0.3 is 0 Å². The number of benzene rings is 1. The molecule has 1 N–H and O–H groups in total. The number of hydrogen-bond acceptors (Lipinski definition) is 7. The van der Waals surface area contributed by atoms with Gasteiger partial charge in [0.2, 0.25) is 11.8 Å². The monoisotopic (exact) mass is 515 g/mol. The molecule has 1 aromatic carbocycles. The molecule has 2 amide bonds. The van der Waals surface area contributed by atoms with E-state index in [1.165, 1.54) is 16.5 Å². The topological polar surface area (TPSA) is 123 Å². The van der Waals surface area contributed by atoms with Gasteiger partial charge in [-0.05, 0) is 43.7 Å². The Hall–Kier alpha value is -4.54. The fourth-order valence-corrected chi connectivity index (χ4v) is 4.63. The van der Waals surface area contributed by atoms with Crippen molar-refractivity contribution in [2.24, 2.45) is 0 Å². The largest absolute Gasteiger partial charge is 0.326 e. The molecule has 1 saturated heterocycles. The molecule has 4 aromatic rings. The zero-order chi connectivity index (χ0) is 27.0. The molecule has 1 aliphatic rings. The number of hydrogen-bond donors (Lipinski definition) is 1. The van der Waals surface area contributed by atoms with Crippen LogP contribution in [0.15, 0.2) is 48.8 Å². The molecule has 4 heterocycles. The first kappa shape index (κ1) is 25.1. The van der Waals surface area contributed by atoms with Crippen molar-refractivity contribution < 1.29 is 18.8 Å². The molecule has 0 unspecified atom stereocenters. The number of Topliss-reactive ketones (excluding diaryl/α,β-unsaturated/α-hetero) is 1. The number of nitrogens with zero attached hydrogens (tertiary/aromatic N) is 6. The molecule has 1 aliphatic heterocycles. The van der Waals surface area contributed by atoms with Crippen molar-refractivity contribution in [3.05, 3.63) is 66.0 Å². The van der Waals surface area contributed by atoms with Gasteiger partial charge < -0.3 is 10.2 Å². The maximum atomic E-state index is 14.4. The van der Waals surface area contributed by atoms with Crippen LogP contribution in [0, 0.1) is 13.8 Å². The Bertz CT molecular complexity index is 1550. The maximum Gasteiger partial charge on any atom is 0.248 e. The number of carbonyl (C=O) groups excluding carboxylic acids is 3. The lowest BCUT2D eigenvalue weighted by Gasteiger charge is -2.23. The Morgan fingerprint density at radius 2 is 1.84 bits per heavy atom. The Balaban J connectivity index is 1.41. The van der Waals surface area contributed by atoms with E-state index < -0.39 is 24.0 Å². The summed E-state index contributed by atoms with van der Waals surface area (Å²) < 4.78 is 15.8. The van der Waals surface area contributed by atoms with E-state index in [2.05, 4.69) is 25.4 Å².